The van der Waals surface area contributed by atoms with Gasteiger partial charge in [0.2, 0.25) is 0 Å². The molecule has 1 aromatic heterocycles. The summed E-state index contributed by atoms with van der Waals surface area (Å²) in [5.41, 5.74) is 2.29. The topological polar surface area (TPSA) is 90.7 Å². The highest BCUT2D eigenvalue weighted by Crippen LogP contribution is 2.26. The minimum Gasteiger partial charge on any atom is -0.476 e. The van der Waals surface area contributed by atoms with Crippen LogP contribution in [0.1, 0.15) is 22.5 Å². The van der Waals surface area contributed by atoms with Gasteiger partial charge in [-0.3, -0.25) is 8.86 Å². The lowest BCUT2D eigenvalue weighted by Crippen LogP contribution is -2.27. The van der Waals surface area contributed by atoms with E-state index in [0.717, 1.165) is 27.6 Å². The van der Waals surface area contributed by atoms with Crippen molar-refractivity contribution in [3.63, 3.8) is 0 Å². The molecule has 2 N–H and O–H groups in total. The van der Waals surface area contributed by atoms with Gasteiger partial charge in [-0.2, -0.15) is 0 Å². The summed E-state index contributed by atoms with van der Waals surface area (Å²) in [4.78, 5) is 14.8. The number of aromatic nitrogens is 1. The number of benzene rings is 1. The van der Waals surface area contributed by atoms with Crippen LogP contribution in [-0.4, -0.2) is 31.4 Å². The highest BCUT2D eigenvalue weighted by atomic mass is 32.2. The van der Waals surface area contributed by atoms with Crippen molar-refractivity contribution in [2.45, 2.75) is 12.8 Å². The van der Waals surface area contributed by atoms with Crippen LogP contribution in [0.15, 0.2) is 35.8 Å². The molecule has 0 radical (unpaired) electrons. The molecular weight excluding hydrogens is 312 g/mol. The van der Waals surface area contributed by atoms with E-state index in [1.54, 1.807) is 0 Å². The summed E-state index contributed by atoms with van der Waals surface area (Å²) in [6.07, 6.45) is 1.38. The Morgan fingerprint density at radius 1 is 1.33 bits per heavy atom. The van der Waals surface area contributed by atoms with E-state index in [1.165, 1.54) is 5.51 Å². The minimum absolute atomic E-state index is 0.192. The van der Waals surface area contributed by atoms with E-state index in [-0.39, 0.29) is 17.2 Å². The van der Waals surface area contributed by atoms with Crippen molar-refractivity contribution in [1.82, 2.24) is 4.98 Å². The molecule has 1 unspecified atom stereocenters. The molecule has 21 heavy (non-hydrogen) atoms. The molecule has 0 amide bonds. The van der Waals surface area contributed by atoms with Gasteiger partial charge in [0.1, 0.15) is 5.00 Å². The van der Waals surface area contributed by atoms with E-state index in [4.69, 9.17) is 5.11 Å². The average molecular weight is 326 g/mol. The number of hydrogen-bond acceptors (Lipinski definition) is 4. The number of aromatic carboxylic acids is 1. The van der Waals surface area contributed by atoms with Gasteiger partial charge in [0.05, 0.1) is 5.51 Å². The quantitative estimate of drug-likeness (QED) is 0.763. The molecule has 0 aliphatic carbocycles. The number of rotatable bonds is 7. The van der Waals surface area contributed by atoms with Gasteiger partial charge < -0.3 is 5.11 Å². The molecule has 1 aromatic carbocycles. The molecule has 8 heteroatoms. The van der Waals surface area contributed by atoms with Crippen LogP contribution in [0.5, 0.6) is 0 Å². The smallest absolute Gasteiger partial charge is 0.357 e. The van der Waals surface area contributed by atoms with Gasteiger partial charge in [-0.1, -0.05) is 30.3 Å². The van der Waals surface area contributed by atoms with Crippen LogP contribution in [-0.2, 0) is 17.7 Å². The standard InChI is InChI=1S/C13H14N2O4S2/c16-13(17)11-12(20-9-14-11)15(21(18)19)8-4-7-10-5-2-1-3-6-10/h1-3,5-6,9H,4,7-8H2,(H,16,17)(H,18,19). The number of carboxylic acids is 1. The zero-order valence-electron chi connectivity index (χ0n) is 11.0. The maximum atomic E-state index is 11.4. The van der Waals surface area contributed by atoms with Gasteiger partial charge in [0.25, 0.3) is 11.3 Å². The van der Waals surface area contributed by atoms with E-state index in [9.17, 15) is 13.6 Å². The van der Waals surface area contributed by atoms with Gasteiger partial charge in [-0.25, -0.2) is 14.0 Å². The van der Waals surface area contributed by atoms with Gasteiger partial charge in [0, 0.05) is 6.54 Å². The number of aryl methyl sites for hydroxylation is 1. The highest BCUT2D eigenvalue weighted by Gasteiger charge is 2.22. The van der Waals surface area contributed by atoms with Crippen molar-refractivity contribution in [2.75, 3.05) is 10.8 Å². The molecule has 2 aromatic rings. The third-order valence-corrected chi connectivity index (χ3v) is 4.54. The lowest BCUT2D eigenvalue weighted by molar-refractivity contribution is 0.0692. The average Bonchev–Trinajstić information content (AvgIpc) is 2.93. The molecule has 0 bridgehead atoms. The fourth-order valence-electron chi connectivity index (χ4n) is 1.89. The Morgan fingerprint density at radius 2 is 2.05 bits per heavy atom. The third-order valence-electron chi connectivity index (χ3n) is 2.84. The molecule has 1 atom stereocenters. The molecular formula is C13H14N2O4S2. The summed E-state index contributed by atoms with van der Waals surface area (Å²) in [7, 11) is 0. The number of nitrogens with zero attached hydrogens (tertiary/aromatic N) is 2. The number of carboxylic acid groups (broad SMARTS) is 1. The summed E-state index contributed by atoms with van der Waals surface area (Å²) >= 11 is -1.24. The second-order valence-electron chi connectivity index (χ2n) is 4.23. The summed E-state index contributed by atoms with van der Waals surface area (Å²) in [5.74, 6) is -1.20. The predicted octanol–water partition coefficient (Wildman–Crippen LogP) is 2.42. The normalized spacial score (nSPS) is 12.0. The van der Waals surface area contributed by atoms with Crippen LogP contribution in [0.4, 0.5) is 5.00 Å². The maximum absolute atomic E-state index is 11.4. The van der Waals surface area contributed by atoms with Crippen LogP contribution in [0.2, 0.25) is 0 Å². The van der Waals surface area contributed by atoms with E-state index < -0.39 is 17.2 Å². The highest BCUT2D eigenvalue weighted by molar-refractivity contribution is 7.81. The molecule has 112 valence electrons. The van der Waals surface area contributed by atoms with Gasteiger partial charge in [-0.15, -0.1) is 11.3 Å². The molecule has 0 saturated heterocycles. The number of anilines is 1. The van der Waals surface area contributed by atoms with Crippen LogP contribution >= 0.6 is 11.3 Å². The van der Waals surface area contributed by atoms with Crippen LogP contribution < -0.4 is 4.31 Å². The maximum Gasteiger partial charge on any atom is 0.357 e. The van der Waals surface area contributed by atoms with Crippen molar-refractivity contribution in [3.8, 4) is 0 Å². The van der Waals surface area contributed by atoms with Gasteiger partial charge >= 0.3 is 5.97 Å². The monoisotopic (exact) mass is 326 g/mol. The lowest BCUT2D eigenvalue weighted by atomic mass is 10.1. The largest absolute Gasteiger partial charge is 0.476 e. The zero-order valence-corrected chi connectivity index (χ0v) is 12.6. The van der Waals surface area contributed by atoms with Crippen molar-refractivity contribution in [1.29, 1.82) is 0 Å². The molecule has 0 spiro atoms. The molecule has 0 fully saturated rings. The number of thiazole rings is 1. The first-order chi connectivity index (χ1) is 10.1. The second-order valence-corrected chi connectivity index (χ2v) is 5.97. The van der Waals surface area contributed by atoms with Crippen molar-refractivity contribution in [2.24, 2.45) is 0 Å². The Kier molecular flexibility index (Phi) is 5.43. The summed E-state index contributed by atoms with van der Waals surface area (Å²) in [6, 6.07) is 9.76. The van der Waals surface area contributed by atoms with Crippen molar-refractivity contribution >= 4 is 33.6 Å². The minimum atomic E-state index is -2.28. The Bertz CT molecular complexity index is 630. The van der Waals surface area contributed by atoms with Crippen LogP contribution in [0, 0.1) is 0 Å². The fourth-order valence-corrected chi connectivity index (χ4v) is 3.44. The third kappa shape index (κ3) is 4.10. The van der Waals surface area contributed by atoms with E-state index in [1.807, 2.05) is 30.3 Å². The SMILES string of the molecule is O=C(O)c1ncsc1N(CCCc1ccccc1)S(=O)O. The predicted molar refractivity (Wildman–Crippen MR) is 82.0 cm³/mol. The first-order valence-corrected chi connectivity index (χ1v) is 8.13. The summed E-state index contributed by atoms with van der Waals surface area (Å²) in [5, 5.41) is 9.23. The summed E-state index contributed by atoms with van der Waals surface area (Å²) < 4.78 is 22.0. The number of carbonyl (C=O) groups is 1. The zero-order chi connectivity index (χ0) is 15.2. The van der Waals surface area contributed by atoms with Crippen LogP contribution in [0.3, 0.4) is 0 Å². The molecule has 0 aliphatic heterocycles. The van der Waals surface area contributed by atoms with Crippen LogP contribution in [0.25, 0.3) is 0 Å². The summed E-state index contributed by atoms with van der Waals surface area (Å²) in [6.45, 7) is 0.278. The van der Waals surface area contributed by atoms with E-state index >= 15 is 0 Å². The van der Waals surface area contributed by atoms with E-state index in [0.29, 0.717) is 6.42 Å². The molecule has 0 saturated carbocycles. The Morgan fingerprint density at radius 3 is 2.67 bits per heavy atom. The first kappa shape index (κ1) is 15.6. The van der Waals surface area contributed by atoms with E-state index in [2.05, 4.69) is 4.98 Å². The first-order valence-electron chi connectivity index (χ1n) is 6.19. The Labute approximate surface area is 128 Å². The Balaban J connectivity index is 2.04. The molecule has 0 aliphatic rings. The van der Waals surface area contributed by atoms with Crippen molar-refractivity contribution in [3.05, 3.63) is 47.1 Å². The molecule has 2 rings (SSSR count). The van der Waals surface area contributed by atoms with Gasteiger partial charge in [-0.05, 0) is 18.4 Å². The van der Waals surface area contributed by atoms with Gasteiger partial charge in [0.15, 0.2) is 5.69 Å². The second kappa shape index (κ2) is 7.30. The Hall–Kier alpha value is -1.77. The lowest BCUT2D eigenvalue weighted by Gasteiger charge is -2.18. The molecule has 1 heterocycles. The fraction of sp³-hybridized carbons (Fsp3) is 0.231. The molecule has 6 nitrogen and oxygen atoms in total. The number of hydrogen-bond donors (Lipinski definition) is 2. The van der Waals surface area contributed by atoms with Crippen molar-refractivity contribution < 1.29 is 18.7 Å².